The molecule has 0 aromatic carbocycles. The zero-order valence-electron chi connectivity index (χ0n) is 46.3. The van der Waals surface area contributed by atoms with Gasteiger partial charge in [-0.15, -0.1) is 0 Å². The van der Waals surface area contributed by atoms with Gasteiger partial charge in [-0.1, -0.05) is 27.7 Å². The van der Waals surface area contributed by atoms with Gasteiger partial charge in [-0.25, -0.2) is 4.79 Å². The molecule has 0 saturated carbocycles. The van der Waals surface area contributed by atoms with Crippen molar-refractivity contribution in [2.75, 3.05) is 44.2 Å². The molecule has 0 aliphatic rings. The fraction of sp³-hybridized carbons (Fsp3) is 0.723. The van der Waals surface area contributed by atoms with Gasteiger partial charge in [-0.05, 0) is 84.1 Å². The number of amides is 11. The minimum Gasteiger partial charge on any atom is -0.480 e. The van der Waals surface area contributed by atoms with Crippen LogP contribution in [0, 0.1) is 17.2 Å². The first-order valence-electron chi connectivity index (χ1n) is 26.0. The summed E-state index contributed by atoms with van der Waals surface area (Å²) in [6.07, 6.45) is -2.02. The zero-order chi connectivity index (χ0) is 61.4. The van der Waals surface area contributed by atoms with Gasteiger partial charge in [0.2, 0.25) is 65.0 Å². The summed E-state index contributed by atoms with van der Waals surface area (Å²) in [5.74, 6) is -12.5. The average molecular weight is 1180 g/mol. The molecule has 31 nitrogen and oxygen atoms in total. The molecule has 0 bridgehead atoms. The van der Waals surface area contributed by atoms with Crippen LogP contribution in [0.1, 0.15) is 93.4 Å². The van der Waals surface area contributed by atoms with E-state index in [1.54, 1.807) is 13.8 Å². The highest BCUT2D eigenvalue weighted by Crippen LogP contribution is 2.10. The highest BCUT2D eigenvalue weighted by molar-refractivity contribution is 7.80. The Balaban J connectivity index is 6.03. The highest BCUT2D eigenvalue weighted by atomic mass is 32.1. The van der Waals surface area contributed by atoms with Gasteiger partial charge in [0.15, 0.2) is 5.96 Å². The number of hydrogen-bond donors (Lipinski definition) is 21. The molecule has 11 atom stereocenters. The number of aliphatic hydroxyl groups is 2. The Labute approximate surface area is 475 Å². The normalized spacial score (nSPS) is 15.2. The first-order chi connectivity index (χ1) is 37.4. The lowest BCUT2D eigenvalue weighted by Gasteiger charge is -2.28. The number of carboxylic acids is 1. The second-order valence-corrected chi connectivity index (χ2v) is 20.4. The van der Waals surface area contributed by atoms with Crippen molar-refractivity contribution in [1.29, 1.82) is 5.41 Å². The van der Waals surface area contributed by atoms with E-state index >= 15 is 0 Å². The SMILES string of the molecule is CC(C)C[C@H](NC(=O)[C@H](C)N)C(=O)N[C@@H](CS)C(=O)NCC(=O)N[C@@H](CCCNC(=N)N)C(=O)N[C@H](C(=O)N[C@@H](CS)C(=O)N[C@@H](CC(C)C)C(=O)N[C@H](C(=O)NCC(=O)NCC(=O)N[C@@H](CCCCN)C(=O)O)[C@@H](C)O)[C@@H](C)O. The van der Waals surface area contributed by atoms with E-state index < -0.39 is 169 Å². The Morgan fingerprint density at radius 3 is 1.34 bits per heavy atom. The molecule has 0 spiro atoms. The van der Waals surface area contributed by atoms with Gasteiger partial charge in [-0.3, -0.25) is 58.1 Å². The number of carboxylic acid groups (broad SMARTS) is 1. The molecule has 0 heterocycles. The fourth-order valence-electron chi connectivity index (χ4n) is 7.07. The molecule has 0 aliphatic carbocycles. The lowest BCUT2D eigenvalue weighted by molar-refractivity contribution is -0.142. The highest BCUT2D eigenvalue weighted by Gasteiger charge is 2.36. The summed E-state index contributed by atoms with van der Waals surface area (Å²) < 4.78 is 0. The molecular formula is C47H86N16O15S2. The van der Waals surface area contributed by atoms with Crippen molar-refractivity contribution >= 4 is 102 Å². The van der Waals surface area contributed by atoms with Gasteiger partial charge in [0.25, 0.3) is 0 Å². The number of aliphatic carboxylic acids is 1. The summed E-state index contributed by atoms with van der Waals surface area (Å²) in [5.41, 5.74) is 16.4. The number of carbonyl (C=O) groups is 12. The summed E-state index contributed by atoms with van der Waals surface area (Å²) in [6, 6.07) is -12.4. The molecule has 33 heteroatoms. The monoisotopic (exact) mass is 1180 g/mol. The van der Waals surface area contributed by atoms with Crippen molar-refractivity contribution < 1.29 is 72.9 Å². The molecule has 0 radical (unpaired) electrons. The van der Waals surface area contributed by atoms with Crippen LogP contribution >= 0.6 is 25.3 Å². The second-order valence-electron chi connectivity index (χ2n) is 19.7. The number of thiol groups is 2. The molecule has 0 rings (SSSR count). The van der Waals surface area contributed by atoms with Gasteiger partial charge in [-0.2, -0.15) is 25.3 Å². The van der Waals surface area contributed by atoms with Crippen LogP contribution in [0.5, 0.6) is 0 Å². The quantitative estimate of drug-likeness (QED) is 0.0118. The number of hydrogen-bond acceptors (Lipinski definition) is 19. The maximum absolute atomic E-state index is 13.8. The Morgan fingerprint density at radius 2 is 0.863 bits per heavy atom. The minimum atomic E-state index is -1.79. The lowest BCUT2D eigenvalue weighted by atomic mass is 10.0. The molecule has 0 saturated heterocycles. The predicted octanol–water partition coefficient (Wildman–Crippen LogP) is -7.25. The molecule has 22 N–H and O–H groups in total. The number of unbranched alkanes of at least 4 members (excludes halogenated alkanes) is 1. The lowest BCUT2D eigenvalue weighted by Crippen LogP contribution is -2.62. The van der Waals surface area contributed by atoms with Gasteiger partial charge in [0, 0.05) is 18.1 Å². The summed E-state index contributed by atoms with van der Waals surface area (Å²) in [7, 11) is 0. The number of guanidine groups is 1. The Hall–Kier alpha value is -6.55. The fourth-order valence-corrected chi connectivity index (χ4v) is 7.58. The summed E-state index contributed by atoms with van der Waals surface area (Å²) in [5, 5.41) is 66.5. The minimum absolute atomic E-state index is 0.0490. The van der Waals surface area contributed by atoms with Gasteiger partial charge in [0.05, 0.1) is 37.9 Å². The van der Waals surface area contributed by atoms with Crippen molar-refractivity contribution in [3.05, 3.63) is 0 Å². The number of rotatable bonds is 39. The molecule has 0 unspecified atom stereocenters. The van der Waals surface area contributed by atoms with Crippen LogP contribution in [0.4, 0.5) is 0 Å². The molecule has 0 aromatic heterocycles. The third-order valence-corrected chi connectivity index (χ3v) is 12.1. The van der Waals surface area contributed by atoms with Crippen LogP contribution in [-0.2, 0) is 57.5 Å². The van der Waals surface area contributed by atoms with Gasteiger partial charge in [0.1, 0.15) is 48.3 Å². The maximum Gasteiger partial charge on any atom is 0.326 e. The Bertz CT molecular complexity index is 2110. The van der Waals surface area contributed by atoms with Gasteiger partial charge >= 0.3 is 5.97 Å². The van der Waals surface area contributed by atoms with Crippen LogP contribution < -0.4 is 81.0 Å². The van der Waals surface area contributed by atoms with Crippen molar-refractivity contribution in [3.8, 4) is 0 Å². The third-order valence-electron chi connectivity index (χ3n) is 11.4. The molecular weight excluding hydrogens is 1090 g/mol. The standard InChI is InChI=1S/C47H86N16O15S2/c1-22(2)15-29(58-38(69)24(5)49)41(72)60-31(20-79)39(70)54-19-35(68)56-27(12-10-14-52-47(50)51)40(71)63-37(26(7)65)45(76)61-32(21-80)43(74)59-30(16-23(3)4)42(73)62-36(25(6)64)44(75)55-17-33(66)53-18-34(67)57-28(46(77)78)11-8-9-13-48/h22-32,36-37,64-65,79-80H,8-21,48-49H2,1-7H3,(H,53,66)(H,54,70)(H,55,75)(H,56,68)(H,57,67)(H,58,69)(H,59,74)(H,60,72)(H,61,76)(H,62,73)(H,63,71)(H,77,78)(H4,50,51,52)/t24-,25+,26+,27-,28-,29-,30-,31-,32-,36-,37-/m0/s1. The zero-order valence-corrected chi connectivity index (χ0v) is 48.1. The molecule has 456 valence electrons. The van der Waals surface area contributed by atoms with Crippen LogP contribution in [0.15, 0.2) is 0 Å². The van der Waals surface area contributed by atoms with E-state index in [2.05, 4.69) is 89.1 Å². The first kappa shape index (κ1) is 73.5. The summed E-state index contributed by atoms with van der Waals surface area (Å²) >= 11 is 8.31. The molecule has 11 amide bonds. The summed E-state index contributed by atoms with van der Waals surface area (Å²) in [4.78, 5) is 156. The first-order valence-corrected chi connectivity index (χ1v) is 27.2. The number of nitrogens with one attached hydrogen (secondary N) is 13. The van der Waals surface area contributed by atoms with Crippen LogP contribution in [0.25, 0.3) is 0 Å². The average Bonchev–Trinajstić information content (AvgIpc) is 3.37. The van der Waals surface area contributed by atoms with Crippen molar-refractivity contribution in [1.82, 2.24) is 63.8 Å². The molecule has 80 heavy (non-hydrogen) atoms. The molecule has 0 fully saturated rings. The third kappa shape index (κ3) is 30.2. The van der Waals surface area contributed by atoms with E-state index in [4.69, 9.17) is 22.6 Å². The van der Waals surface area contributed by atoms with Crippen LogP contribution in [0.3, 0.4) is 0 Å². The van der Waals surface area contributed by atoms with E-state index in [0.29, 0.717) is 19.4 Å². The van der Waals surface area contributed by atoms with E-state index in [0.717, 1.165) is 13.8 Å². The van der Waals surface area contributed by atoms with Gasteiger partial charge < -0.3 is 96.3 Å². The smallest absolute Gasteiger partial charge is 0.326 e. The molecule has 0 aliphatic heterocycles. The van der Waals surface area contributed by atoms with E-state index in [1.807, 2.05) is 13.8 Å². The number of nitrogens with two attached hydrogens (primary N) is 3. The van der Waals surface area contributed by atoms with E-state index in [-0.39, 0.29) is 56.2 Å². The van der Waals surface area contributed by atoms with Crippen molar-refractivity contribution in [3.63, 3.8) is 0 Å². The van der Waals surface area contributed by atoms with E-state index in [9.17, 15) is 72.9 Å². The molecule has 0 aromatic rings. The predicted molar refractivity (Wildman–Crippen MR) is 298 cm³/mol. The van der Waals surface area contributed by atoms with Crippen molar-refractivity contribution in [2.45, 2.75) is 160 Å². The maximum atomic E-state index is 13.8. The van der Waals surface area contributed by atoms with Crippen LogP contribution in [0.2, 0.25) is 0 Å². The number of carbonyl (C=O) groups excluding carboxylic acids is 11. The summed E-state index contributed by atoms with van der Waals surface area (Å²) in [6.45, 7) is 9.05. The van der Waals surface area contributed by atoms with Crippen LogP contribution in [-0.4, -0.2) is 203 Å². The Morgan fingerprint density at radius 1 is 0.463 bits per heavy atom. The second kappa shape index (κ2) is 38.9. The van der Waals surface area contributed by atoms with Crippen molar-refractivity contribution in [2.24, 2.45) is 29.0 Å². The number of aliphatic hydroxyl groups excluding tert-OH is 2. The largest absolute Gasteiger partial charge is 0.480 e. The Kier molecular flexibility index (Phi) is 35.8. The topological polar surface area (TPSA) is 512 Å². The van der Waals surface area contributed by atoms with E-state index in [1.165, 1.54) is 6.92 Å².